The van der Waals surface area contributed by atoms with E-state index in [9.17, 15) is 18.0 Å². The van der Waals surface area contributed by atoms with Gasteiger partial charge in [0, 0.05) is 22.9 Å². The third-order valence-corrected chi connectivity index (χ3v) is 4.36. The van der Waals surface area contributed by atoms with Gasteiger partial charge in [-0.15, -0.1) is 0 Å². The molecule has 0 fully saturated rings. The Morgan fingerprint density at radius 2 is 2.00 bits per heavy atom. The molecule has 1 rings (SSSR count). The number of hydrogen-bond acceptors (Lipinski definition) is 1. The van der Waals surface area contributed by atoms with E-state index < -0.39 is 17.6 Å². The summed E-state index contributed by atoms with van der Waals surface area (Å²) in [5.74, 6) is -0.454. The van der Waals surface area contributed by atoms with Gasteiger partial charge < -0.3 is 4.90 Å². The molecule has 0 spiro atoms. The van der Waals surface area contributed by atoms with Gasteiger partial charge in [-0.2, -0.15) is 13.2 Å². The molecule has 1 unspecified atom stereocenters. The van der Waals surface area contributed by atoms with Gasteiger partial charge in [0.05, 0.1) is 11.1 Å². The second-order valence-electron chi connectivity index (χ2n) is 4.11. The molecule has 0 N–H and O–H groups in total. The zero-order valence-electron chi connectivity index (χ0n) is 10.3. The minimum atomic E-state index is -4.46. The van der Waals surface area contributed by atoms with Crippen molar-refractivity contribution in [3.05, 3.63) is 33.8 Å². The van der Waals surface area contributed by atoms with Crippen molar-refractivity contribution in [1.82, 2.24) is 4.90 Å². The topological polar surface area (TPSA) is 20.3 Å². The third kappa shape index (κ3) is 3.95. The number of benzene rings is 1. The lowest BCUT2D eigenvalue weighted by Gasteiger charge is -2.24. The first-order valence-corrected chi connectivity index (χ1v) is 7.29. The van der Waals surface area contributed by atoms with Crippen LogP contribution in [-0.2, 0) is 6.18 Å². The van der Waals surface area contributed by atoms with Gasteiger partial charge in [-0.3, -0.25) is 4.79 Å². The van der Waals surface area contributed by atoms with Gasteiger partial charge in [-0.05, 0) is 41.1 Å². The highest BCUT2D eigenvalue weighted by molar-refractivity contribution is 9.10. The summed E-state index contributed by atoms with van der Waals surface area (Å²) in [7, 11) is 1.56. The Kier molecular flexibility index (Phi) is 5.43. The normalized spacial score (nSPS) is 13.2. The molecule has 1 atom stereocenters. The number of alkyl halides is 4. The van der Waals surface area contributed by atoms with Crippen molar-refractivity contribution in [1.29, 1.82) is 0 Å². The highest BCUT2D eigenvalue weighted by atomic mass is 79.9. The van der Waals surface area contributed by atoms with Crippen LogP contribution in [0.25, 0.3) is 0 Å². The van der Waals surface area contributed by atoms with Gasteiger partial charge in [0.2, 0.25) is 0 Å². The van der Waals surface area contributed by atoms with Crippen molar-refractivity contribution in [2.75, 3.05) is 12.4 Å². The van der Waals surface area contributed by atoms with E-state index in [-0.39, 0.29) is 11.6 Å². The van der Waals surface area contributed by atoms with Gasteiger partial charge in [0.15, 0.2) is 0 Å². The van der Waals surface area contributed by atoms with Gasteiger partial charge in [-0.1, -0.05) is 15.9 Å². The van der Waals surface area contributed by atoms with E-state index in [1.165, 1.54) is 11.0 Å². The van der Waals surface area contributed by atoms with Gasteiger partial charge in [0.25, 0.3) is 5.91 Å². The number of carbonyl (C=O) groups is 1. The van der Waals surface area contributed by atoms with Crippen molar-refractivity contribution >= 4 is 37.8 Å². The lowest BCUT2D eigenvalue weighted by Crippen LogP contribution is -2.36. The molecule has 0 radical (unpaired) electrons. The molecule has 1 aromatic rings. The van der Waals surface area contributed by atoms with E-state index in [1.54, 1.807) is 14.0 Å². The number of halogens is 5. The van der Waals surface area contributed by atoms with E-state index in [1.807, 2.05) is 0 Å². The van der Waals surface area contributed by atoms with Crippen molar-refractivity contribution in [2.45, 2.75) is 19.1 Å². The standard InChI is InChI=1S/C12H12Br2F3NO/c1-7(6-13)18(2)11(19)9-5-8(12(15,16)17)3-4-10(9)14/h3-5,7H,6H2,1-2H3. The maximum atomic E-state index is 12.6. The molecule has 0 bridgehead atoms. The Morgan fingerprint density at radius 1 is 1.42 bits per heavy atom. The van der Waals surface area contributed by atoms with Gasteiger partial charge in [0.1, 0.15) is 0 Å². The van der Waals surface area contributed by atoms with Crippen molar-refractivity contribution in [3.63, 3.8) is 0 Å². The van der Waals surface area contributed by atoms with Crippen LogP contribution in [0.5, 0.6) is 0 Å². The zero-order valence-corrected chi connectivity index (χ0v) is 13.4. The van der Waals surface area contributed by atoms with Crippen LogP contribution in [0.4, 0.5) is 13.2 Å². The van der Waals surface area contributed by atoms with Crippen molar-refractivity contribution < 1.29 is 18.0 Å². The van der Waals surface area contributed by atoms with E-state index >= 15 is 0 Å². The maximum absolute atomic E-state index is 12.6. The molecule has 0 saturated heterocycles. The van der Waals surface area contributed by atoms with Crippen molar-refractivity contribution in [2.24, 2.45) is 0 Å². The highest BCUT2D eigenvalue weighted by Gasteiger charge is 2.32. The fourth-order valence-electron chi connectivity index (χ4n) is 1.36. The summed E-state index contributed by atoms with van der Waals surface area (Å²) in [5.41, 5.74) is -0.830. The predicted molar refractivity (Wildman–Crippen MR) is 74.5 cm³/mol. The molecular formula is C12H12Br2F3NO. The SMILES string of the molecule is CC(CBr)N(C)C(=O)c1cc(C(F)(F)F)ccc1Br. The first-order chi connectivity index (χ1) is 8.68. The maximum Gasteiger partial charge on any atom is 0.416 e. The summed E-state index contributed by atoms with van der Waals surface area (Å²) in [4.78, 5) is 13.6. The second kappa shape index (κ2) is 6.26. The van der Waals surface area contributed by atoms with Crippen LogP contribution in [0.3, 0.4) is 0 Å². The first kappa shape index (κ1) is 16.5. The Hall–Kier alpha value is -0.560. The minimum absolute atomic E-state index is 0.00475. The Balaban J connectivity index is 3.16. The number of hydrogen-bond donors (Lipinski definition) is 0. The van der Waals surface area contributed by atoms with Gasteiger partial charge >= 0.3 is 6.18 Å². The molecule has 0 saturated carbocycles. The lowest BCUT2D eigenvalue weighted by molar-refractivity contribution is -0.137. The van der Waals surface area contributed by atoms with Crippen LogP contribution < -0.4 is 0 Å². The van der Waals surface area contributed by atoms with E-state index in [0.29, 0.717) is 9.80 Å². The fourth-order valence-corrected chi connectivity index (χ4v) is 2.21. The summed E-state index contributed by atoms with van der Waals surface area (Å²) in [6, 6.07) is 2.93. The van der Waals surface area contributed by atoms with Crippen LogP contribution in [0.1, 0.15) is 22.8 Å². The smallest absolute Gasteiger partial charge is 0.338 e. The molecule has 7 heteroatoms. The number of amides is 1. The summed E-state index contributed by atoms with van der Waals surface area (Å²) < 4.78 is 38.3. The molecule has 2 nitrogen and oxygen atoms in total. The predicted octanol–water partition coefficient (Wildman–Crippen LogP) is 4.32. The Morgan fingerprint density at radius 3 is 2.47 bits per heavy atom. The molecule has 0 aliphatic heterocycles. The van der Waals surface area contributed by atoms with Gasteiger partial charge in [-0.25, -0.2) is 0 Å². The van der Waals surface area contributed by atoms with Crippen LogP contribution in [0.2, 0.25) is 0 Å². The average Bonchev–Trinajstić information content (AvgIpc) is 2.35. The van der Waals surface area contributed by atoms with E-state index in [4.69, 9.17) is 0 Å². The largest absolute Gasteiger partial charge is 0.416 e. The fraction of sp³-hybridized carbons (Fsp3) is 0.417. The number of nitrogens with zero attached hydrogens (tertiary/aromatic N) is 1. The summed E-state index contributed by atoms with van der Waals surface area (Å²) in [5, 5.41) is 0.547. The minimum Gasteiger partial charge on any atom is -0.338 e. The molecular weight excluding hydrogens is 391 g/mol. The number of rotatable bonds is 3. The lowest BCUT2D eigenvalue weighted by atomic mass is 10.1. The average molecular weight is 403 g/mol. The van der Waals surface area contributed by atoms with Crippen LogP contribution >= 0.6 is 31.9 Å². The molecule has 106 valence electrons. The summed E-state index contributed by atoms with van der Waals surface area (Å²) in [6.07, 6.45) is -4.46. The molecule has 19 heavy (non-hydrogen) atoms. The van der Waals surface area contributed by atoms with Crippen molar-refractivity contribution in [3.8, 4) is 0 Å². The zero-order chi connectivity index (χ0) is 14.8. The number of carbonyl (C=O) groups excluding carboxylic acids is 1. The summed E-state index contributed by atoms with van der Waals surface area (Å²) >= 11 is 6.35. The molecule has 0 aliphatic carbocycles. The highest BCUT2D eigenvalue weighted by Crippen LogP contribution is 2.32. The molecule has 0 aliphatic rings. The molecule has 0 aromatic heterocycles. The second-order valence-corrected chi connectivity index (χ2v) is 5.61. The first-order valence-electron chi connectivity index (χ1n) is 5.38. The van der Waals surface area contributed by atoms with E-state index in [0.717, 1.165) is 12.1 Å². The van der Waals surface area contributed by atoms with E-state index in [2.05, 4.69) is 31.9 Å². The Bertz CT molecular complexity index is 477. The third-order valence-electron chi connectivity index (χ3n) is 2.73. The molecule has 1 amide bonds. The monoisotopic (exact) mass is 401 g/mol. The van der Waals surface area contributed by atoms with Crippen LogP contribution in [0.15, 0.2) is 22.7 Å². The Labute approximate surface area is 126 Å². The molecule has 1 aromatic carbocycles. The van der Waals surface area contributed by atoms with Crippen LogP contribution in [0, 0.1) is 0 Å². The van der Waals surface area contributed by atoms with Crippen LogP contribution in [-0.4, -0.2) is 29.2 Å². The summed E-state index contributed by atoms with van der Waals surface area (Å²) in [6.45, 7) is 1.80. The quantitative estimate of drug-likeness (QED) is 0.689. The molecule has 0 heterocycles.